The van der Waals surface area contributed by atoms with E-state index in [2.05, 4.69) is 5.16 Å². The molecule has 0 bridgehead atoms. The van der Waals surface area contributed by atoms with E-state index in [0.29, 0.717) is 5.15 Å². The topological polar surface area (TPSA) is 37.5 Å². The number of oxime groups is 1. The molecule has 0 saturated heterocycles. The third-order valence-electron chi connectivity index (χ3n) is 2.35. The van der Waals surface area contributed by atoms with Gasteiger partial charge in [-0.25, -0.2) is 0 Å². The van der Waals surface area contributed by atoms with Crippen molar-refractivity contribution in [3.63, 3.8) is 0 Å². The third kappa shape index (κ3) is 1.95. The van der Waals surface area contributed by atoms with Crippen LogP contribution in [-0.2, 0) is 0 Å². The summed E-state index contributed by atoms with van der Waals surface area (Å²) in [6.07, 6.45) is 1.35. The van der Waals surface area contributed by atoms with Gasteiger partial charge in [-0.15, -0.1) is 0 Å². The first-order valence-electron chi connectivity index (χ1n) is 4.84. The van der Waals surface area contributed by atoms with Gasteiger partial charge < -0.3 is 5.21 Å². The van der Waals surface area contributed by atoms with Crippen LogP contribution in [0.3, 0.4) is 0 Å². The van der Waals surface area contributed by atoms with Crippen molar-refractivity contribution in [2.75, 3.05) is 0 Å². The fourth-order valence-electron chi connectivity index (χ4n) is 1.55. The largest absolute Gasteiger partial charge is 0.411 e. The maximum atomic E-state index is 8.56. The van der Waals surface area contributed by atoms with E-state index >= 15 is 0 Å². The molecule has 2 rings (SSSR count). The second-order valence-electron chi connectivity index (χ2n) is 3.50. The minimum Gasteiger partial charge on any atom is -0.411 e. The average Bonchev–Trinajstić information content (AvgIpc) is 2.62. The molecule has 82 valence electrons. The summed E-state index contributed by atoms with van der Waals surface area (Å²) in [5, 5.41) is 12.2. The zero-order valence-corrected chi connectivity index (χ0v) is 9.52. The molecule has 0 atom stereocenters. The van der Waals surface area contributed by atoms with Gasteiger partial charge in [-0.05, 0) is 31.2 Å². The molecule has 3 nitrogen and oxygen atoms in total. The van der Waals surface area contributed by atoms with Gasteiger partial charge >= 0.3 is 0 Å². The lowest BCUT2D eigenvalue weighted by atomic mass is 10.2. The lowest BCUT2D eigenvalue weighted by Crippen LogP contribution is -1.99. The molecule has 0 unspecified atom stereocenters. The Kier molecular flexibility index (Phi) is 2.97. The number of nitrogens with zero attached hydrogens (tertiary/aromatic N) is 2. The molecule has 1 heterocycles. The van der Waals surface area contributed by atoms with Crippen molar-refractivity contribution >= 4 is 17.8 Å². The molecule has 1 N–H and O–H groups in total. The number of benzene rings is 1. The average molecular weight is 235 g/mol. The highest BCUT2D eigenvalue weighted by molar-refractivity contribution is 6.30. The van der Waals surface area contributed by atoms with Gasteiger partial charge in [0, 0.05) is 5.69 Å². The van der Waals surface area contributed by atoms with Gasteiger partial charge in [-0.3, -0.25) is 4.57 Å². The minimum absolute atomic E-state index is 0.582. The van der Waals surface area contributed by atoms with Gasteiger partial charge in [0.1, 0.15) is 5.15 Å². The van der Waals surface area contributed by atoms with Crippen LogP contribution in [0.5, 0.6) is 0 Å². The van der Waals surface area contributed by atoms with Crippen molar-refractivity contribution in [1.29, 1.82) is 0 Å². The maximum absolute atomic E-state index is 8.56. The van der Waals surface area contributed by atoms with E-state index in [0.717, 1.165) is 11.4 Å². The number of aromatic nitrogens is 1. The van der Waals surface area contributed by atoms with E-state index in [1.165, 1.54) is 11.8 Å². The quantitative estimate of drug-likeness (QED) is 0.484. The minimum atomic E-state index is 0.582. The maximum Gasteiger partial charge on any atom is 0.114 e. The normalized spacial score (nSPS) is 11.1. The summed E-state index contributed by atoms with van der Waals surface area (Å²) in [6, 6.07) is 11.5. The number of hydrogen-bond donors (Lipinski definition) is 1. The summed E-state index contributed by atoms with van der Waals surface area (Å²) >= 11 is 6.07. The Morgan fingerprint density at radius 3 is 2.50 bits per heavy atom. The number of halogens is 1. The Morgan fingerprint density at radius 2 is 1.88 bits per heavy atom. The van der Waals surface area contributed by atoms with E-state index in [1.54, 1.807) is 16.7 Å². The van der Waals surface area contributed by atoms with Crippen LogP contribution < -0.4 is 0 Å². The van der Waals surface area contributed by atoms with Crippen molar-refractivity contribution in [3.05, 3.63) is 52.8 Å². The summed E-state index contributed by atoms with van der Waals surface area (Å²) < 4.78 is 1.81. The van der Waals surface area contributed by atoms with Crippen LogP contribution in [0.4, 0.5) is 0 Å². The fraction of sp³-hybridized carbons (Fsp3) is 0.0833. The van der Waals surface area contributed by atoms with Crippen molar-refractivity contribution < 1.29 is 5.21 Å². The van der Waals surface area contributed by atoms with E-state index in [1.807, 2.05) is 31.2 Å². The van der Waals surface area contributed by atoms with Gasteiger partial charge in [0.15, 0.2) is 0 Å². The van der Waals surface area contributed by atoms with Crippen LogP contribution in [0.1, 0.15) is 11.3 Å². The Labute approximate surface area is 98.6 Å². The number of aryl methyl sites for hydroxylation is 1. The zero-order chi connectivity index (χ0) is 11.5. The third-order valence-corrected chi connectivity index (χ3v) is 2.64. The molecule has 0 spiro atoms. The molecule has 1 aromatic carbocycles. The van der Waals surface area contributed by atoms with Crippen molar-refractivity contribution in [2.45, 2.75) is 6.92 Å². The smallest absolute Gasteiger partial charge is 0.114 e. The van der Waals surface area contributed by atoms with Crippen LogP contribution in [0.2, 0.25) is 5.15 Å². The number of rotatable bonds is 2. The van der Waals surface area contributed by atoms with Crippen molar-refractivity contribution in [1.82, 2.24) is 4.57 Å². The molecule has 4 heteroatoms. The van der Waals surface area contributed by atoms with Crippen LogP contribution in [0.15, 0.2) is 41.6 Å². The molecule has 1 aromatic heterocycles. The van der Waals surface area contributed by atoms with E-state index in [9.17, 15) is 0 Å². The fourth-order valence-corrected chi connectivity index (χ4v) is 1.81. The molecule has 2 aromatic rings. The second kappa shape index (κ2) is 4.41. The first kappa shape index (κ1) is 10.8. The molecule has 0 aliphatic heterocycles. The van der Waals surface area contributed by atoms with Crippen LogP contribution in [-0.4, -0.2) is 16.0 Å². The highest BCUT2D eigenvalue weighted by atomic mass is 35.5. The Morgan fingerprint density at radius 1 is 1.19 bits per heavy atom. The predicted octanol–water partition coefficient (Wildman–Crippen LogP) is 3.25. The van der Waals surface area contributed by atoms with Gasteiger partial charge in [-0.1, -0.05) is 34.5 Å². The second-order valence-corrected chi connectivity index (χ2v) is 3.88. The summed E-state index contributed by atoms with van der Waals surface area (Å²) in [4.78, 5) is 0. The SMILES string of the molecule is Cc1ccc(-n2c(Cl)ccc2C=NO)cc1. The molecule has 0 aliphatic carbocycles. The van der Waals surface area contributed by atoms with Crippen LogP contribution in [0.25, 0.3) is 5.69 Å². The van der Waals surface area contributed by atoms with Crippen LogP contribution in [0, 0.1) is 6.92 Å². The molecule has 0 fully saturated rings. The highest BCUT2D eigenvalue weighted by Crippen LogP contribution is 2.20. The molecular weight excluding hydrogens is 224 g/mol. The van der Waals surface area contributed by atoms with Gasteiger partial charge in [-0.2, -0.15) is 0 Å². The van der Waals surface area contributed by atoms with Crippen LogP contribution >= 0.6 is 11.6 Å². The Hall–Kier alpha value is -1.74. The van der Waals surface area contributed by atoms with Crippen molar-refractivity contribution in [3.8, 4) is 5.69 Å². The first-order chi connectivity index (χ1) is 7.72. The monoisotopic (exact) mass is 234 g/mol. The van der Waals surface area contributed by atoms with E-state index in [4.69, 9.17) is 16.8 Å². The standard InChI is InChI=1S/C12H11ClN2O/c1-9-2-4-10(5-3-9)15-11(8-14-16)6-7-12(15)13/h2-8,16H,1H3. The lowest BCUT2D eigenvalue weighted by Gasteiger charge is -2.07. The zero-order valence-electron chi connectivity index (χ0n) is 8.76. The first-order valence-corrected chi connectivity index (χ1v) is 5.22. The molecular formula is C12H11ClN2O. The van der Waals surface area contributed by atoms with Crippen molar-refractivity contribution in [2.24, 2.45) is 5.16 Å². The molecule has 0 aliphatic rings. The molecule has 0 radical (unpaired) electrons. The molecule has 16 heavy (non-hydrogen) atoms. The molecule has 0 amide bonds. The Balaban J connectivity index is 2.54. The van der Waals surface area contributed by atoms with Gasteiger partial charge in [0.2, 0.25) is 0 Å². The summed E-state index contributed by atoms with van der Waals surface area (Å²) in [5.41, 5.74) is 2.86. The van der Waals surface area contributed by atoms with E-state index in [-0.39, 0.29) is 0 Å². The van der Waals surface area contributed by atoms with E-state index < -0.39 is 0 Å². The molecule has 0 saturated carbocycles. The number of hydrogen-bond acceptors (Lipinski definition) is 2. The predicted molar refractivity (Wildman–Crippen MR) is 64.9 cm³/mol. The summed E-state index contributed by atoms with van der Waals surface area (Å²) in [7, 11) is 0. The summed E-state index contributed by atoms with van der Waals surface area (Å²) in [6.45, 7) is 2.02. The lowest BCUT2D eigenvalue weighted by molar-refractivity contribution is 0.321. The Bertz CT molecular complexity index is 514. The summed E-state index contributed by atoms with van der Waals surface area (Å²) in [5.74, 6) is 0. The van der Waals surface area contributed by atoms with Gasteiger partial charge in [0.05, 0.1) is 11.9 Å². The van der Waals surface area contributed by atoms with Gasteiger partial charge in [0.25, 0.3) is 0 Å². The highest BCUT2D eigenvalue weighted by Gasteiger charge is 2.06.